The van der Waals surface area contributed by atoms with Crippen LogP contribution >= 0.6 is 0 Å². The van der Waals surface area contributed by atoms with Crippen LogP contribution in [0.5, 0.6) is 11.5 Å². The van der Waals surface area contributed by atoms with Crippen molar-refractivity contribution in [1.82, 2.24) is 15.1 Å². The Morgan fingerprint density at radius 2 is 1.83 bits per heavy atom. The molecule has 2 aliphatic heterocycles. The van der Waals surface area contributed by atoms with Gasteiger partial charge in [-0.05, 0) is 43.9 Å². The molecule has 0 unspecified atom stereocenters. The molecule has 0 radical (unpaired) electrons. The van der Waals surface area contributed by atoms with Crippen LogP contribution in [0.2, 0.25) is 0 Å². The molecule has 1 aromatic rings. The second-order valence-electron chi connectivity index (χ2n) is 8.23. The van der Waals surface area contributed by atoms with Crippen LogP contribution in [-0.4, -0.2) is 73.6 Å². The number of piperazine rings is 1. The standard InChI is InChI=1S/C22H31N3O4/c1-28-20-14-16(22(27)25-13-10-23-21(26)15-25)6-7-19(20)29-18-8-11-24(12-9-18)17-4-2-3-5-17/h6-7,14,17-18H,2-5,8-13,15H2,1H3,(H,23,26). The first-order valence-electron chi connectivity index (χ1n) is 10.8. The summed E-state index contributed by atoms with van der Waals surface area (Å²) in [7, 11) is 1.59. The zero-order valence-electron chi connectivity index (χ0n) is 17.2. The van der Waals surface area contributed by atoms with Crippen LogP contribution in [0.4, 0.5) is 0 Å². The molecular formula is C22H31N3O4. The lowest BCUT2D eigenvalue weighted by Crippen LogP contribution is -2.49. The van der Waals surface area contributed by atoms with E-state index in [-0.39, 0.29) is 24.5 Å². The quantitative estimate of drug-likeness (QED) is 0.818. The number of rotatable bonds is 5. The van der Waals surface area contributed by atoms with Crippen molar-refractivity contribution in [3.05, 3.63) is 23.8 Å². The molecule has 7 heteroatoms. The minimum absolute atomic E-state index is 0.0962. The molecule has 3 aliphatic rings. The highest BCUT2D eigenvalue weighted by Gasteiger charge is 2.28. The SMILES string of the molecule is COc1cc(C(=O)N2CCNC(=O)C2)ccc1OC1CCN(C2CCCC2)CC1. The van der Waals surface area contributed by atoms with Crippen molar-refractivity contribution in [2.75, 3.05) is 39.8 Å². The van der Waals surface area contributed by atoms with Crippen LogP contribution in [0.3, 0.4) is 0 Å². The van der Waals surface area contributed by atoms with Gasteiger partial charge in [0.1, 0.15) is 6.10 Å². The zero-order valence-corrected chi connectivity index (χ0v) is 17.2. The van der Waals surface area contributed by atoms with Gasteiger partial charge in [-0.25, -0.2) is 0 Å². The third kappa shape index (κ3) is 4.66. The highest BCUT2D eigenvalue weighted by atomic mass is 16.5. The summed E-state index contributed by atoms with van der Waals surface area (Å²) < 4.78 is 11.7. The van der Waals surface area contributed by atoms with E-state index in [1.807, 2.05) is 6.07 Å². The Morgan fingerprint density at radius 1 is 1.07 bits per heavy atom. The predicted octanol–water partition coefficient (Wildman–Crippen LogP) is 2.05. The van der Waals surface area contributed by atoms with E-state index in [1.165, 1.54) is 25.7 Å². The molecule has 1 aliphatic carbocycles. The molecule has 0 bridgehead atoms. The summed E-state index contributed by atoms with van der Waals surface area (Å²) in [5, 5.41) is 2.74. The summed E-state index contributed by atoms with van der Waals surface area (Å²) in [6.45, 7) is 3.28. The molecule has 3 fully saturated rings. The average molecular weight is 402 g/mol. The van der Waals surface area contributed by atoms with E-state index in [0.29, 0.717) is 30.2 Å². The first-order valence-corrected chi connectivity index (χ1v) is 10.8. The van der Waals surface area contributed by atoms with Crippen molar-refractivity contribution in [3.8, 4) is 11.5 Å². The van der Waals surface area contributed by atoms with Gasteiger partial charge in [0.2, 0.25) is 5.91 Å². The van der Waals surface area contributed by atoms with E-state index >= 15 is 0 Å². The van der Waals surface area contributed by atoms with Crippen LogP contribution in [0.15, 0.2) is 18.2 Å². The Bertz CT molecular complexity index is 740. The van der Waals surface area contributed by atoms with E-state index in [4.69, 9.17) is 9.47 Å². The molecule has 0 atom stereocenters. The number of methoxy groups -OCH3 is 1. The maximum Gasteiger partial charge on any atom is 0.254 e. The van der Waals surface area contributed by atoms with Crippen LogP contribution < -0.4 is 14.8 Å². The number of ether oxygens (including phenoxy) is 2. The molecule has 2 saturated heterocycles. The molecule has 2 amide bonds. The molecule has 1 aromatic carbocycles. The number of likely N-dealkylation sites (tertiary alicyclic amines) is 1. The Labute approximate surface area is 172 Å². The van der Waals surface area contributed by atoms with Gasteiger partial charge in [-0.15, -0.1) is 0 Å². The first kappa shape index (κ1) is 20.0. The first-order chi connectivity index (χ1) is 14.1. The molecule has 158 valence electrons. The molecule has 7 nitrogen and oxygen atoms in total. The molecule has 1 saturated carbocycles. The molecule has 29 heavy (non-hydrogen) atoms. The van der Waals surface area contributed by atoms with Crippen LogP contribution in [-0.2, 0) is 4.79 Å². The van der Waals surface area contributed by atoms with Crippen molar-refractivity contribution in [1.29, 1.82) is 0 Å². The summed E-state index contributed by atoms with van der Waals surface area (Å²) in [5.41, 5.74) is 0.514. The van der Waals surface area contributed by atoms with E-state index < -0.39 is 0 Å². The summed E-state index contributed by atoms with van der Waals surface area (Å²) in [6, 6.07) is 6.07. The Kier molecular flexibility index (Phi) is 6.23. The normalized spacial score (nSPS) is 21.8. The fourth-order valence-corrected chi connectivity index (χ4v) is 4.70. The van der Waals surface area contributed by atoms with Crippen molar-refractivity contribution in [2.45, 2.75) is 50.7 Å². The number of piperidine rings is 1. The molecule has 2 heterocycles. The van der Waals surface area contributed by atoms with Gasteiger partial charge in [0.25, 0.3) is 5.91 Å². The third-order valence-corrected chi connectivity index (χ3v) is 6.35. The summed E-state index contributed by atoms with van der Waals surface area (Å²) in [5.74, 6) is 0.963. The largest absolute Gasteiger partial charge is 0.493 e. The fourth-order valence-electron chi connectivity index (χ4n) is 4.70. The van der Waals surface area contributed by atoms with Gasteiger partial charge in [0.15, 0.2) is 11.5 Å². The highest BCUT2D eigenvalue weighted by Crippen LogP contribution is 2.32. The van der Waals surface area contributed by atoms with Gasteiger partial charge in [0, 0.05) is 37.8 Å². The number of nitrogens with one attached hydrogen (secondary N) is 1. The number of carbonyl (C=O) groups is 2. The Balaban J connectivity index is 1.37. The summed E-state index contributed by atoms with van der Waals surface area (Å²) in [4.78, 5) is 28.5. The summed E-state index contributed by atoms with van der Waals surface area (Å²) in [6.07, 6.45) is 7.62. The average Bonchev–Trinajstić information content (AvgIpc) is 3.29. The topological polar surface area (TPSA) is 71.1 Å². The lowest BCUT2D eigenvalue weighted by molar-refractivity contribution is -0.123. The van der Waals surface area contributed by atoms with Gasteiger partial charge in [-0.2, -0.15) is 0 Å². The number of benzene rings is 1. The van der Waals surface area contributed by atoms with E-state index in [1.54, 1.807) is 24.1 Å². The maximum atomic E-state index is 12.7. The summed E-state index contributed by atoms with van der Waals surface area (Å²) >= 11 is 0. The highest BCUT2D eigenvalue weighted by molar-refractivity contribution is 5.97. The van der Waals surface area contributed by atoms with Crippen LogP contribution in [0.1, 0.15) is 48.9 Å². The molecule has 1 N–H and O–H groups in total. The van der Waals surface area contributed by atoms with Crippen LogP contribution in [0.25, 0.3) is 0 Å². The predicted molar refractivity (Wildman–Crippen MR) is 109 cm³/mol. The van der Waals surface area contributed by atoms with E-state index in [2.05, 4.69) is 10.2 Å². The van der Waals surface area contributed by atoms with Crippen molar-refractivity contribution in [2.24, 2.45) is 0 Å². The Morgan fingerprint density at radius 3 is 2.52 bits per heavy atom. The monoisotopic (exact) mass is 401 g/mol. The van der Waals surface area contributed by atoms with Gasteiger partial charge in [0.05, 0.1) is 13.7 Å². The number of hydrogen-bond donors (Lipinski definition) is 1. The van der Waals surface area contributed by atoms with Crippen molar-refractivity contribution < 1.29 is 19.1 Å². The molecule has 4 rings (SSSR count). The van der Waals surface area contributed by atoms with Gasteiger partial charge >= 0.3 is 0 Å². The molecular weight excluding hydrogens is 370 g/mol. The minimum atomic E-state index is -0.158. The number of nitrogens with zero attached hydrogens (tertiary/aromatic N) is 2. The van der Waals surface area contributed by atoms with E-state index in [9.17, 15) is 9.59 Å². The van der Waals surface area contributed by atoms with E-state index in [0.717, 1.165) is 32.0 Å². The van der Waals surface area contributed by atoms with Crippen LogP contribution in [0, 0.1) is 0 Å². The lowest BCUT2D eigenvalue weighted by Gasteiger charge is -2.36. The maximum absolute atomic E-state index is 12.7. The number of carbonyl (C=O) groups excluding carboxylic acids is 2. The second kappa shape index (κ2) is 9.03. The zero-order chi connectivity index (χ0) is 20.2. The number of hydrogen-bond acceptors (Lipinski definition) is 5. The third-order valence-electron chi connectivity index (χ3n) is 6.35. The Hall–Kier alpha value is -2.28. The lowest BCUT2D eigenvalue weighted by atomic mass is 10.0. The fraction of sp³-hybridized carbons (Fsp3) is 0.636. The molecule has 0 spiro atoms. The van der Waals surface area contributed by atoms with Crippen molar-refractivity contribution >= 4 is 11.8 Å². The van der Waals surface area contributed by atoms with Gasteiger partial charge < -0.3 is 24.6 Å². The van der Waals surface area contributed by atoms with Crippen molar-refractivity contribution in [3.63, 3.8) is 0 Å². The second-order valence-corrected chi connectivity index (χ2v) is 8.23. The number of amides is 2. The van der Waals surface area contributed by atoms with Gasteiger partial charge in [-0.1, -0.05) is 12.8 Å². The van der Waals surface area contributed by atoms with Gasteiger partial charge in [-0.3, -0.25) is 9.59 Å². The molecule has 0 aromatic heterocycles. The minimum Gasteiger partial charge on any atom is -0.493 e. The smallest absolute Gasteiger partial charge is 0.254 e.